The third-order valence-electron chi connectivity index (χ3n) is 3.07. The number of methoxy groups -OCH3 is 1. The van der Waals surface area contributed by atoms with Crippen molar-refractivity contribution in [2.75, 3.05) is 7.11 Å². The minimum atomic E-state index is -0.379. The second-order valence-electron chi connectivity index (χ2n) is 4.56. The van der Waals surface area contributed by atoms with E-state index in [0.717, 1.165) is 0 Å². The first-order chi connectivity index (χ1) is 11.0. The number of ketones is 1. The molecular formula is C17H11Br2NO3. The van der Waals surface area contributed by atoms with E-state index in [4.69, 9.17) is 4.74 Å². The van der Waals surface area contributed by atoms with Gasteiger partial charge in [-0.15, -0.1) is 0 Å². The van der Waals surface area contributed by atoms with Gasteiger partial charge in [-0.2, -0.15) is 5.26 Å². The van der Waals surface area contributed by atoms with Crippen LogP contribution in [0.2, 0.25) is 0 Å². The molecule has 0 heterocycles. The van der Waals surface area contributed by atoms with Gasteiger partial charge >= 0.3 is 0 Å². The molecule has 0 aliphatic carbocycles. The molecule has 0 amide bonds. The monoisotopic (exact) mass is 435 g/mol. The number of aromatic hydroxyl groups is 1. The molecule has 6 heteroatoms. The number of carbonyl (C=O) groups excluding carboxylic acids is 1. The van der Waals surface area contributed by atoms with Crippen molar-refractivity contribution in [3.63, 3.8) is 0 Å². The first-order valence-electron chi connectivity index (χ1n) is 6.45. The molecule has 0 aromatic heterocycles. The maximum Gasteiger partial charge on any atom is 0.203 e. The Balaban J connectivity index is 2.38. The van der Waals surface area contributed by atoms with E-state index in [1.165, 1.54) is 13.2 Å². The van der Waals surface area contributed by atoms with Gasteiger partial charge in [-0.05, 0) is 79.9 Å². The molecule has 1 N–H and O–H groups in total. The number of benzene rings is 2. The standard InChI is InChI=1S/C17H11Br2NO3/c1-23-13-4-2-11(3-5-13)16(21)12(9-20)6-10-7-14(18)17(22)15(19)8-10/h2-8,22H,1H3/b12-6+. The summed E-state index contributed by atoms with van der Waals surface area (Å²) in [6, 6.07) is 11.7. The Kier molecular flexibility index (Phi) is 5.59. The average Bonchev–Trinajstić information content (AvgIpc) is 2.57. The van der Waals surface area contributed by atoms with E-state index in [1.807, 2.05) is 6.07 Å². The summed E-state index contributed by atoms with van der Waals surface area (Å²) in [4.78, 5) is 12.4. The van der Waals surface area contributed by atoms with E-state index < -0.39 is 0 Å². The minimum absolute atomic E-state index is 0.000318. The Morgan fingerprint density at radius 1 is 1.22 bits per heavy atom. The van der Waals surface area contributed by atoms with E-state index in [0.29, 0.717) is 25.8 Å². The molecule has 0 bridgehead atoms. The highest BCUT2D eigenvalue weighted by molar-refractivity contribution is 9.11. The summed E-state index contributed by atoms with van der Waals surface area (Å²) in [5, 5.41) is 19.0. The van der Waals surface area contributed by atoms with Crippen molar-refractivity contribution < 1.29 is 14.6 Å². The van der Waals surface area contributed by atoms with E-state index in [9.17, 15) is 15.2 Å². The molecule has 0 saturated heterocycles. The molecule has 0 spiro atoms. The van der Waals surface area contributed by atoms with Gasteiger partial charge in [-0.25, -0.2) is 0 Å². The Morgan fingerprint density at radius 2 is 1.78 bits per heavy atom. The second-order valence-corrected chi connectivity index (χ2v) is 6.27. The zero-order valence-electron chi connectivity index (χ0n) is 12.0. The first kappa shape index (κ1) is 17.3. The third kappa shape index (κ3) is 4.01. The zero-order chi connectivity index (χ0) is 17.0. The smallest absolute Gasteiger partial charge is 0.203 e. The SMILES string of the molecule is COc1ccc(C(=O)/C(C#N)=C/c2cc(Br)c(O)c(Br)c2)cc1. The second kappa shape index (κ2) is 7.44. The maximum absolute atomic E-state index is 12.4. The molecule has 0 radical (unpaired) electrons. The van der Waals surface area contributed by atoms with Gasteiger partial charge in [0, 0.05) is 5.56 Å². The number of nitrogens with zero attached hydrogens (tertiary/aromatic N) is 1. The lowest BCUT2D eigenvalue weighted by molar-refractivity contribution is 0.104. The topological polar surface area (TPSA) is 70.3 Å². The predicted molar refractivity (Wildman–Crippen MR) is 94.4 cm³/mol. The molecule has 116 valence electrons. The molecular weight excluding hydrogens is 426 g/mol. The Morgan fingerprint density at radius 3 is 2.26 bits per heavy atom. The molecule has 4 nitrogen and oxygen atoms in total. The van der Waals surface area contributed by atoms with Crippen molar-refractivity contribution in [1.82, 2.24) is 0 Å². The van der Waals surface area contributed by atoms with E-state index >= 15 is 0 Å². The van der Waals surface area contributed by atoms with Gasteiger partial charge < -0.3 is 9.84 Å². The predicted octanol–water partition coefficient (Wildman–Crippen LogP) is 4.72. The molecule has 0 fully saturated rings. The van der Waals surface area contributed by atoms with Crippen LogP contribution in [0.15, 0.2) is 50.9 Å². The quantitative estimate of drug-likeness (QED) is 0.427. The van der Waals surface area contributed by atoms with E-state index in [1.54, 1.807) is 36.4 Å². The fourth-order valence-corrected chi connectivity index (χ4v) is 3.10. The largest absolute Gasteiger partial charge is 0.506 e. The van der Waals surface area contributed by atoms with Crippen LogP contribution < -0.4 is 4.74 Å². The highest BCUT2D eigenvalue weighted by Gasteiger charge is 2.13. The number of phenols is 1. The van der Waals surface area contributed by atoms with Crippen molar-refractivity contribution in [2.24, 2.45) is 0 Å². The van der Waals surface area contributed by atoms with Crippen molar-refractivity contribution in [2.45, 2.75) is 0 Å². The van der Waals surface area contributed by atoms with Crippen LogP contribution in [0.25, 0.3) is 6.08 Å². The van der Waals surface area contributed by atoms with Crippen LogP contribution in [0, 0.1) is 11.3 Å². The normalized spacial score (nSPS) is 11.0. The van der Waals surface area contributed by atoms with Crippen LogP contribution >= 0.6 is 31.9 Å². The summed E-state index contributed by atoms with van der Waals surface area (Å²) in [5.74, 6) is 0.313. The van der Waals surface area contributed by atoms with Gasteiger partial charge in [-0.1, -0.05) is 0 Å². The van der Waals surface area contributed by atoms with Gasteiger partial charge in [0.25, 0.3) is 0 Å². The van der Waals surface area contributed by atoms with E-state index in [2.05, 4.69) is 31.9 Å². The number of hydrogen-bond donors (Lipinski definition) is 1. The van der Waals surface area contributed by atoms with Gasteiger partial charge in [0.15, 0.2) is 0 Å². The molecule has 2 aromatic rings. The Bertz CT molecular complexity index is 798. The fraction of sp³-hybridized carbons (Fsp3) is 0.0588. The lowest BCUT2D eigenvalue weighted by Crippen LogP contribution is -2.02. The number of carbonyl (C=O) groups is 1. The Labute approximate surface area is 150 Å². The van der Waals surface area contributed by atoms with Crippen LogP contribution in [-0.2, 0) is 0 Å². The fourth-order valence-electron chi connectivity index (χ4n) is 1.88. The molecule has 0 aliphatic rings. The summed E-state index contributed by atoms with van der Waals surface area (Å²) < 4.78 is 5.97. The number of rotatable bonds is 4. The van der Waals surface area contributed by atoms with Crippen molar-refractivity contribution in [3.8, 4) is 17.6 Å². The van der Waals surface area contributed by atoms with Crippen LogP contribution in [0.3, 0.4) is 0 Å². The lowest BCUT2D eigenvalue weighted by Gasteiger charge is -2.04. The average molecular weight is 437 g/mol. The first-order valence-corrected chi connectivity index (χ1v) is 8.03. The molecule has 0 unspecified atom stereocenters. The van der Waals surface area contributed by atoms with Gasteiger partial charge in [0.1, 0.15) is 23.1 Å². The zero-order valence-corrected chi connectivity index (χ0v) is 15.2. The van der Waals surface area contributed by atoms with Crippen molar-refractivity contribution in [1.29, 1.82) is 5.26 Å². The molecule has 0 saturated carbocycles. The van der Waals surface area contributed by atoms with Crippen LogP contribution in [0.5, 0.6) is 11.5 Å². The number of hydrogen-bond acceptors (Lipinski definition) is 4. The minimum Gasteiger partial charge on any atom is -0.506 e. The molecule has 2 rings (SSSR count). The number of phenolic OH excluding ortho intramolecular Hbond substituents is 1. The highest BCUT2D eigenvalue weighted by atomic mass is 79.9. The number of nitriles is 1. The van der Waals surface area contributed by atoms with Crippen molar-refractivity contribution in [3.05, 3.63) is 62.0 Å². The van der Waals surface area contributed by atoms with Crippen LogP contribution in [0.1, 0.15) is 15.9 Å². The molecule has 0 aliphatic heterocycles. The molecule has 0 atom stereocenters. The molecule has 23 heavy (non-hydrogen) atoms. The van der Waals surface area contributed by atoms with Crippen molar-refractivity contribution >= 4 is 43.7 Å². The highest BCUT2D eigenvalue weighted by Crippen LogP contribution is 2.34. The maximum atomic E-state index is 12.4. The number of halogens is 2. The van der Waals surface area contributed by atoms with E-state index in [-0.39, 0.29) is 17.1 Å². The van der Waals surface area contributed by atoms with Crippen LogP contribution in [0.4, 0.5) is 0 Å². The summed E-state index contributed by atoms with van der Waals surface area (Å²) in [7, 11) is 1.54. The summed E-state index contributed by atoms with van der Waals surface area (Å²) >= 11 is 6.43. The third-order valence-corrected chi connectivity index (χ3v) is 4.28. The van der Waals surface area contributed by atoms with Gasteiger partial charge in [0.2, 0.25) is 5.78 Å². The van der Waals surface area contributed by atoms with Crippen LogP contribution in [-0.4, -0.2) is 18.0 Å². The number of Topliss-reactive ketones (excluding diaryl/α,β-unsaturated/α-hetero) is 1. The summed E-state index contributed by atoms with van der Waals surface area (Å²) in [6.07, 6.45) is 1.47. The van der Waals surface area contributed by atoms with Gasteiger partial charge in [0.05, 0.1) is 16.1 Å². The number of allylic oxidation sites excluding steroid dienone is 1. The lowest BCUT2D eigenvalue weighted by atomic mass is 10.0. The summed E-state index contributed by atoms with van der Waals surface area (Å²) in [6.45, 7) is 0. The molecule has 2 aromatic carbocycles. The summed E-state index contributed by atoms with van der Waals surface area (Å²) in [5.41, 5.74) is 1.01. The Hall–Kier alpha value is -2.10. The number of ether oxygens (including phenoxy) is 1. The van der Waals surface area contributed by atoms with Gasteiger partial charge in [-0.3, -0.25) is 4.79 Å².